The molecule has 0 aliphatic heterocycles. The van der Waals surface area contributed by atoms with Crippen LogP contribution < -0.4 is 10.6 Å². The first-order valence-electron chi connectivity index (χ1n) is 10.8. The smallest absolute Gasteiger partial charge is 0.329 e. The molecule has 0 bridgehead atoms. The molecule has 0 fully saturated rings. The Balaban J connectivity index is 1.36. The Kier molecular flexibility index (Phi) is 7.59. The van der Waals surface area contributed by atoms with Crippen LogP contribution in [0.3, 0.4) is 0 Å². The summed E-state index contributed by atoms with van der Waals surface area (Å²) in [6, 6.07) is 25.7. The summed E-state index contributed by atoms with van der Waals surface area (Å²) in [4.78, 5) is 37.7. The van der Waals surface area contributed by atoms with Gasteiger partial charge in [0.25, 0.3) is 11.8 Å². The zero-order chi connectivity index (χ0) is 24.5. The molecule has 1 aromatic heterocycles. The van der Waals surface area contributed by atoms with Gasteiger partial charge in [0.05, 0.1) is 0 Å². The van der Waals surface area contributed by atoms with Gasteiger partial charge in [-0.25, -0.2) is 4.79 Å². The largest absolute Gasteiger partial charge is 0.454 e. The molecule has 1 heterocycles. The average Bonchev–Trinajstić information content (AvgIpc) is 3.37. The van der Waals surface area contributed by atoms with Crippen LogP contribution in [-0.4, -0.2) is 40.6 Å². The lowest BCUT2D eigenvalue weighted by Crippen LogP contribution is -2.44. The Morgan fingerprint density at radius 3 is 2.14 bits per heavy atom. The van der Waals surface area contributed by atoms with Gasteiger partial charge in [-0.1, -0.05) is 71.8 Å². The van der Waals surface area contributed by atoms with E-state index in [0.717, 1.165) is 5.56 Å². The van der Waals surface area contributed by atoms with E-state index in [9.17, 15) is 14.4 Å². The summed E-state index contributed by atoms with van der Waals surface area (Å²) >= 11 is 0. The highest BCUT2D eigenvalue weighted by atomic mass is 16.5. The van der Waals surface area contributed by atoms with E-state index in [1.165, 1.54) is 0 Å². The molecule has 4 rings (SSSR count). The lowest BCUT2D eigenvalue weighted by Gasteiger charge is -2.18. The van der Waals surface area contributed by atoms with Gasteiger partial charge in [0, 0.05) is 17.5 Å². The van der Waals surface area contributed by atoms with E-state index in [0.29, 0.717) is 11.1 Å². The number of nitrogens with one attached hydrogen (secondary N) is 2. The first-order valence-corrected chi connectivity index (χ1v) is 10.8. The Morgan fingerprint density at radius 2 is 1.46 bits per heavy atom. The first kappa shape index (κ1) is 23.4. The molecule has 2 N–H and O–H groups in total. The summed E-state index contributed by atoms with van der Waals surface area (Å²) in [5, 5.41) is 12.8. The molecule has 1 atom stereocenters. The highest BCUT2D eigenvalue weighted by molar-refractivity contribution is 5.97. The van der Waals surface area contributed by atoms with Gasteiger partial charge in [-0.2, -0.15) is 0 Å². The number of ether oxygens (including phenoxy) is 1. The molecule has 2 amide bonds. The summed E-state index contributed by atoms with van der Waals surface area (Å²) in [6.45, 7) is -0.589. The van der Waals surface area contributed by atoms with E-state index < -0.39 is 30.4 Å². The molecule has 0 unspecified atom stereocenters. The van der Waals surface area contributed by atoms with Crippen molar-refractivity contribution in [1.29, 1.82) is 0 Å². The van der Waals surface area contributed by atoms with Crippen LogP contribution in [0, 0.1) is 0 Å². The van der Waals surface area contributed by atoms with Crippen LogP contribution in [0.2, 0.25) is 0 Å². The van der Waals surface area contributed by atoms with Crippen molar-refractivity contribution in [3.63, 3.8) is 0 Å². The molecule has 0 radical (unpaired) electrons. The van der Waals surface area contributed by atoms with Crippen LogP contribution in [0.1, 0.15) is 15.9 Å². The number of amides is 2. The van der Waals surface area contributed by atoms with Crippen molar-refractivity contribution >= 4 is 23.8 Å². The van der Waals surface area contributed by atoms with E-state index in [2.05, 4.69) is 20.8 Å². The fraction of sp³-hybridized carbons (Fsp3) is 0.115. The third kappa shape index (κ3) is 6.61. The van der Waals surface area contributed by atoms with Crippen LogP contribution in [0.4, 0.5) is 6.01 Å². The molecule has 9 heteroatoms. The predicted molar refractivity (Wildman–Crippen MR) is 127 cm³/mol. The van der Waals surface area contributed by atoms with Gasteiger partial charge in [0.15, 0.2) is 6.61 Å². The molecule has 3 aromatic carbocycles. The van der Waals surface area contributed by atoms with Crippen molar-refractivity contribution in [3.05, 3.63) is 102 Å². The zero-order valence-corrected chi connectivity index (χ0v) is 18.6. The fourth-order valence-electron chi connectivity index (χ4n) is 3.24. The van der Waals surface area contributed by atoms with Crippen molar-refractivity contribution in [1.82, 2.24) is 15.5 Å². The van der Waals surface area contributed by atoms with Crippen LogP contribution in [0.15, 0.2) is 95.4 Å². The van der Waals surface area contributed by atoms with Gasteiger partial charge in [0.1, 0.15) is 6.04 Å². The molecule has 176 valence electrons. The number of carbonyl (C=O) groups is 3. The molecule has 0 aliphatic rings. The van der Waals surface area contributed by atoms with E-state index in [1.54, 1.807) is 42.5 Å². The topological polar surface area (TPSA) is 123 Å². The summed E-state index contributed by atoms with van der Waals surface area (Å²) in [5.41, 5.74) is 1.93. The minimum absolute atomic E-state index is 0.122. The van der Waals surface area contributed by atoms with Crippen LogP contribution in [0.25, 0.3) is 11.5 Å². The number of hydrogen-bond donors (Lipinski definition) is 2. The molecule has 0 saturated heterocycles. The third-order valence-electron chi connectivity index (χ3n) is 4.95. The zero-order valence-electron chi connectivity index (χ0n) is 18.6. The lowest BCUT2D eigenvalue weighted by molar-refractivity contribution is -0.149. The van der Waals surface area contributed by atoms with Crippen molar-refractivity contribution < 1.29 is 23.5 Å². The summed E-state index contributed by atoms with van der Waals surface area (Å²) < 4.78 is 10.6. The second-order valence-corrected chi connectivity index (χ2v) is 7.52. The Bertz CT molecular complexity index is 1280. The van der Waals surface area contributed by atoms with Crippen molar-refractivity contribution in [2.45, 2.75) is 12.5 Å². The second-order valence-electron chi connectivity index (χ2n) is 7.52. The minimum Gasteiger partial charge on any atom is -0.454 e. The van der Waals surface area contributed by atoms with E-state index in [-0.39, 0.29) is 18.3 Å². The van der Waals surface area contributed by atoms with Gasteiger partial charge in [-0.15, -0.1) is 5.10 Å². The van der Waals surface area contributed by atoms with Crippen molar-refractivity contribution in [3.8, 4) is 11.5 Å². The number of hydrogen-bond acceptors (Lipinski definition) is 7. The summed E-state index contributed by atoms with van der Waals surface area (Å²) in [7, 11) is 0. The quantitative estimate of drug-likeness (QED) is 0.360. The van der Waals surface area contributed by atoms with E-state index in [1.807, 2.05) is 48.5 Å². The SMILES string of the molecule is O=C(COC(=O)[C@H](Cc1ccccc1)NC(=O)c1ccccc1)Nc1nnc(-c2ccccc2)o1. The lowest BCUT2D eigenvalue weighted by atomic mass is 10.1. The first-order chi connectivity index (χ1) is 17.1. The number of benzene rings is 3. The Hall–Kier alpha value is -4.79. The third-order valence-corrected chi connectivity index (χ3v) is 4.95. The molecule has 0 saturated carbocycles. The monoisotopic (exact) mass is 470 g/mol. The minimum atomic E-state index is -0.994. The average molecular weight is 470 g/mol. The molecular weight excluding hydrogens is 448 g/mol. The standard InChI is InChI=1S/C26H22N4O5/c31-22(28-26-30-29-24(35-26)20-14-8-3-9-15-20)17-34-25(33)21(16-18-10-4-1-5-11-18)27-23(32)19-12-6-2-7-13-19/h1-15,21H,16-17H2,(H,27,32)(H,28,30,31)/t21-/m0/s1. The fourth-order valence-corrected chi connectivity index (χ4v) is 3.24. The number of nitrogens with zero attached hydrogens (tertiary/aromatic N) is 2. The van der Waals surface area contributed by atoms with Crippen molar-refractivity contribution in [2.24, 2.45) is 0 Å². The maximum absolute atomic E-state index is 12.8. The highest BCUT2D eigenvalue weighted by Gasteiger charge is 2.24. The maximum Gasteiger partial charge on any atom is 0.329 e. The van der Waals surface area contributed by atoms with Gasteiger partial charge in [-0.05, 0) is 29.8 Å². The number of anilines is 1. The highest BCUT2D eigenvalue weighted by Crippen LogP contribution is 2.19. The molecule has 0 spiro atoms. The summed E-state index contributed by atoms with van der Waals surface area (Å²) in [6.07, 6.45) is 0.198. The molecule has 0 aliphatic carbocycles. The van der Waals surface area contributed by atoms with Gasteiger partial charge < -0.3 is 14.5 Å². The Morgan fingerprint density at radius 1 is 0.829 bits per heavy atom. The van der Waals surface area contributed by atoms with Crippen molar-refractivity contribution in [2.75, 3.05) is 11.9 Å². The van der Waals surface area contributed by atoms with E-state index in [4.69, 9.17) is 9.15 Å². The summed E-state index contributed by atoms with van der Waals surface area (Å²) in [5.74, 6) is -1.59. The van der Waals surface area contributed by atoms with Crippen LogP contribution in [-0.2, 0) is 20.7 Å². The van der Waals surface area contributed by atoms with Gasteiger partial charge in [-0.3, -0.25) is 14.9 Å². The van der Waals surface area contributed by atoms with Gasteiger partial charge >= 0.3 is 12.0 Å². The Labute approximate surface area is 201 Å². The predicted octanol–water partition coefficient (Wildman–Crippen LogP) is 3.26. The van der Waals surface area contributed by atoms with E-state index >= 15 is 0 Å². The van der Waals surface area contributed by atoms with Gasteiger partial charge in [0.2, 0.25) is 5.89 Å². The maximum atomic E-state index is 12.8. The van der Waals surface area contributed by atoms with Crippen LogP contribution in [0.5, 0.6) is 0 Å². The molecule has 35 heavy (non-hydrogen) atoms. The number of aromatic nitrogens is 2. The second kappa shape index (κ2) is 11.4. The number of rotatable bonds is 9. The molecule has 9 nitrogen and oxygen atoms in total. The number of carbonyl (C=O) groups excluding carboxylic acids is 3. The molecule has 4 aromatic rings. The normalized spacial score (nSPS) is 11.3. The number of esters is 1. The van der Waals surface area contributed by atoms with Crippen LogP contribution >= 0.6 is 0 Å². The molecular formula is C26H22N4O5.